The summed E-state index contributed by atoms with van der Waals surface area (Å²) in [5, 5.41) is 0. The maximum absolute atomic E-state index is 13.3. The molecule has 1 aromatic heterocycles. The van der Waals surface area contributed by atoms with Crippen molar-refractivity contribution in [3.63, 3.8) is 0 Å². The minimum atomic E-state index is -0.388. The maximum Gasteiger partial charge on any atom is 0.227 e. The number of nitrogens with one attached hydrogen (secondary N) is 1. The van der Waals surface area contributed by atoms with E-state index in [0.717, 1.165) is 5.56 Å². The average molecular weight is 341 g/mol. The lowest BCUT2D eigenvalue weighted by atomic mass is 10.1. The SMILES string of the molecule is CC(C)c1c(NN)ncnc1Oc1cc(F)ccc1Br. The molecule has 0 unspecified atom stereocenters. The second-order valence-corrected chi connectivity index (χ2v) is 5.27. The monoisotopic (exact) mass is 340 g/mol. The molecule has 2 aromatic rings. The smallest absolute Gasteiger partial charge is 0.227 e. The Morgan fingerprint density at radius 1 is 1.35 bits per heavy atom. The molecule has 0 aliphatic heterocycles. The van der Waals surface area contributed by atoms with Crippen molar-refractivity contribution < 1.29 is 9.13 Å². The van der Waals surface area contributed by atoms with Crippen LogP contribution in [-0.2, 0) is 0 Å². The number of nitrogen functional groups attached to an aromatic ring is 1. The molecule has 0 atom stereocenters. The molecule has 2 rings (SSSR count). The van der Waals surface area contributed by atoms with Crippen LogP contribution in [0.25, 0.3) is 0 Å². The third-order valence-electron chi connectivity index (χ3n) is 2.66. The van der Waals surface area contributed by atoms with Crippen molar-refractivity contribution in [3.05, 3.63) is 40.4 Å². The van der Waals surface area contributed by atoms with E-state index in [1.165, 1.54) is 18.5 Å². The van der Waals surface area contributed by atoms with Gasteiger partial charge < -0.3 is 10.2 Å². The highest BCUT2D eigenvalue weighted by Crippen LogP contribution is 2.35. The fourth-order valence-electron chi connectivity index (χ4n) is 1.76. The molecular formula is C13H14BrFN4O. The summed E-state index contributed by atoms with van der Waals surface area (Å²) in [6.07, 6.45) is 1.34. The molecule has 3 N–H and O–H groups in total. The second-order valence-electron chi connectivity index (χ2n) is 4.42. The van der Waals surface area contributed by atoms with Gasteiger partial charge in [-0.1, -0.05) is 13.8 Å². The summed E-state index contributed by atoms with van der Waals surface area (Å²) >= 11 is 3.31. The topological polar surface area (TPSA) is 73.1 Å². The summed E-state index contributed by atoms with van der Waals surface area (Å²) in [4.78, 5) is 8.15. The highest BCUT2D eigenvalue weighted by Gasteiger charge is 2.17. The van der Waals surface area contributed by atoms with Crippen LogP contribution in [-0.4, -0.2) is 9.97 Å². The van der Waals surface area contributed by atoms with E-state index >= 15 is 0 Å². The lowest BCUT2D eigenvalue weighted by molar-refractivity contribution is 0.445. The summed E-state index contributed by atoms with van der Waals surface area (Å²) in [6.45, 7) is 3.93. The predicted molar refractivity (Wildman–Crippen MR) is 78.1 cm³/mol. The Hall–Kier alpha value is -1.73. The van der Waals surface area contributed by atoms with Crippen molar-refractivity contribution in [1.82, 2.24) is 9.97 Å². The van der Waals surface area contributed by atoms with Crippen LogP contribution in [0.5, 0.6) is 11.6 Å². The van der Waals surface area contributed by atoms with Crippen molar-refractivity contribution in [2.24, 2.45) is 5.84 Å². The quantitative estimate of drug-likeness (QED) is 0.657. The highest BCUT2D eigenvalue weighted by atomic mass is 79.9. The third kappa shape index (κ3) is 3.05. The molecule has 0 aliphatic carbocycles. The van der Waals surface area contributed by atoms with Gasteiger partial charge >= 0.3 is 0 Å². The number of hydrogen-bond acceptors (Lipinski definition) is 5. The highest BCUT2D eigenvalue weighted by molar-refractivity contribution is 9.10. The molecule has 0 bridgehead atoms. The zero-order valence-electron chi connectivity index (χ0n) is 11.0. The predicted octanol–water partition coefficient (Wildman–Crippen LogP) is 3.58. The summed E-state index contributed by atoms with van der Waals surface area (Å²) in [5.74, 6) is 6.31. The number of rotatable bonds is 4. The Kier molecular flexibility index (Phi) is 4.51. The molecule has 0 fully saturated rings. The molecule has 0 saturated carbocycles. The second kappa shape index (κ2) is 6.15. The van der Waals surface area contributed by atoms with E-state index in [2.05, 4.69) is 31.3 Å². The van der Waals surface area contributed by atoms with Crippen LogP contribution < -0.4 is 16.0 Å². The standard InChI is InChI=1S/C13H14BrFN4O/c1-7(2)11-12(19-16)17-6-18-13(11)20-10-5-8(15)3-4-9(10)14/h3-7H,16H2,1-2H3,(H,17,18,19). The lowest BCUT2D eigenvalue weighted by Gasteiger charge is -2.16. The molecule has 20 heavy (non-hydrogen) atoms. The first-order chi connectivity index (χ1) is 9.52. The molecule has 5 nitrogen and oxygen atoms in total. The minimum absolute atomic E-state index is 0.0876. The van der Waals surface area contributed by atoms with Crippen molar-refractivity contribution in [2.45, 2.75) is 19.8 Å². The zero-order chi connectivity index (χ0) is 14.7. The summed E-state index contributed by atoms with van der Waals surface area (Å²) in [6, 6.07) is 4.20. The van der Waals surface area contributed by atoms with Crippen molar-refractivity contribution in [2.75, 3.05) is 5.43 Å². The van der Waals surface area contributed by atoms with E-state index in [1.54, 1.807) is 6.07 Å². The van der Waals surface area contributed by atoms with Crippen LogP contribution in [0.4, 0.5) is 10.2 Å². The number of aromatic nitrogens is 2. The van der Waals surface area contributed by atoms with E-state index in [0.29, 0.717) is 21.9 Å². The summed E-state index contributed by atoms with van der Waals surface area (Å²) < 4.78 is 19.6. The minimum Gasteiger partial charge on any atom is -0.437 e. The molecule has 1 heterocycles. The van der Waals surface area contributed by atoms with Gasteiger partial charge in [-0.3, -0.25) is 0 Å². The van der Waals surface area contributed by atoms with Gasteiger partial charge in [-0.2, -0.15) is 0 Å². The van der Waals surface area contributed by atoms with Gasteiger partial charge in [-0.15, -0.1) is 0 Å². The van der Waals surface area contributed by atoms with E-state index in [4.69, 9.17) is 10.6 Å². The van der Waals surface area contributed by atoms with Gasteiger partial charge in [0, 0.05) is 6.07 Å². The molecular weight excluding hydrogens is 327 g/mol. The summed E-state index contributed by atoms with van der Waals surface area (Å²) in [5.41, 5.74) is 3.24. The summed E-state index contributed by atoms with van der Waals surface area (Å²) in [7, 11) is 0. The molecule has 0 spiro atoms. The largest absolute Gasteiger partial charge is 0.437 e. The van der Waals surface area contributed by atoms with Crippen LogP contribution in [0.2, 0.25) is 0 Å². The van der Waals surface area contributed by atoms with E-state index in [9.17, 15) is 4.39 Å². The molecule has 0 aliphatic rings. The Balaban J connectivity index is 2.45. The number of benzene rings is 1. The van der Waals surface area contributed by atoms with Gasteiger partial charge in [-0.25, -0.2) is 20.2 Å². The number of nitrogens with zero attached hydrogens (tertiary/aromatic N) is 2. The normalized spacial score (nSPS) is 10.7. The van der Waals surface area contributed by atoms with E-state index < -0.39 is 0 Å². The Bertz CT molecular complexity index is 621. The van der Waals surface area contributed by atoms with Crippen LogP contribution in [0.1, 0.15) is 25.3 Å². The van der Waals surface area contributed by atoms with Gasteiger partial charge in [0.15, 0.2) is 5.82 Å². The lowest BCUT2D eigenvalue weighted by Crippen LogP contribution is -2.13. The number of anilines is 1. The number of hydrogen-bond donors (Lipinski definition) is 2. The van der Waals surface area contributed by atoms with Crippen LogP contribution in [0, 0.1) is 5.82 Å². The molecule has 7 heteroatoms. The van der Waals surface area contributed by atoms with Crippen molar-refractivity contribution in [3.8, 4) is 11.6 Å². The van der Waals surface area contributed by atoms with Crippen LogP contribution >= 0.6 is 15.9 Å². The Morgan fingerprint density at radius 3 is 2.75 bits per heavy atom. The van der Waals surface area contributed by atoms with E-state index in [1.807, 2.05) is 13.8 Å². The molecule has 1 aromatic carbocycles. The molecule has 106 valence electrons. The first-order valence-electron chi connectivity index (χ1n) is 5.97. The Labute approximate surface area is 124 Å². The maximum atomic E-state index is 13.3. The van der Waals surface area contributed by atoms with E-state index in [-0.39, 0.29) is 11.7 Å². The van der Waals surface area contributed by atoms with Gasteiger partial charge in [-0.05, 0) is 34.0 Å². The van der Waals surface area contributed by atoms with Gasteiger partial charge in [0.25, 0.3) is 0 Å². The number of halogens is 2. The first kappa shape index (κ1) is 14.7. The number of ether oxygens (including phenoxy) is 1. The van der Waals surface area contributed by atoms with Gasteiger partial charge in [0.2, 0.25) is 5.88 Å². The van der Waals surface area contributed by atoms with Crippen LogP contribution in [0.15, 0.2) is 29.0 Å². The first-order valence-corrected chi connectivity index (χ1v) is 6.76. The zero-order valence-corrected chi connectivity index (χ0v) is 12.6. The average Bonchev–Trinajstić information content (AvgIpc) is 2.42. The van der Waals surface area contributed by atoms with Gasteiger partial charge in [0.1, 0.15) is 17.9 Å². The van der Waals surface area contributed by atoms with Crippen molar-refractivity contribution >= 4 is 21.7 Å². The molecule has 0 radical (unpaired) electrons. The van der Waals surface area contributed by atoms with Gasteiger partial charge in [0.05, 0.1) is 10.0 Å². The fraction of sp³-hybridized carbons (Fsp3) is 0.231. The molecule has 0 amide bonds. The van der Waals surface area contributed by atoms with Crippen molar-refractivity contribution in [1.29, 1.82) is 0 Å². The number of nitrogens with two attached hydrogens (primary N) is 1. The molecule has 0 saturated heterocycles. The Morgan fingerprint density at radius 2 is 2.10 bits per heavy atom. The number of hydrazine groups is 1. The third-order valence-corrected chi connectivity index (χ3v) is 3.32. The fourth-order valence-corrected chi connectivity index (χ4v) is 2.08. The van der Waals surface area contributed by atoms with Crippen LogP contribution in [0.3, 0.4) is 0 Å².